The average molecular weight is 338 g/mol. The van der Waals surface area contributed by atoms with Gasteiger partial charge in [-0.2, -0.15) is 0 Å². The molecule has 2 rings (SSSR count). The van der Waals surface area contributed by atoms with E-state index in [2.05, 4.69) is 22.8 Å². The first-order valence-corrected chi connectivity index (χ1v) is 8.83. The predicted molar refractivity (Wildman–Crippen MR) is 102 cm³/mol. The maximum atomic E-state index is 12.2. The minimum Gasteiger partial charge on any atom is -0.350 e. The Morgan fingerprint density at radius 2 is 1.80 bits per heavy atom. The first-order chi connectivity index (χ1) is 12.1. The van der Waals surface area contributed by atoms with Crippen molar-refractivity contribution in [3.05, 3.63) is 65.7 Å². The van der Waals surface area contributed by atoms with Gasteiger partial charge in [-0.1, -0.05) is 43.3 Å². The number of rotatable bonds is 8. The molecular weight excluding hydrogens is 312 g/mol. The van der Waals surface area contributed by atoms with Crippen molar-refractivity contribution in [2.24, 2.45) is 0 Å². The highest BCUT2D eigenvalue weighted by Crippen LogP contribution is 2.12. The number of aryl methyl sites for hydroxylation is 1. The number of nitrogens with one attached hydrogen (secondary N) is 2. The Kier molecular flexibility index (Phi) is 7.20. The first kappa shape index (κ1) is 18.7. The summed E-state index contributed by atoms with van der Waals surface area (Å²) in [6.45, 7) is 3.99. The molecule has 25 heavy (non-hydrogen) atoms. The number of hydrogen-bond donors (Lipinski definition) is 2. The molecule has 0 aliphatic carbocycles. The lowest BCUT2D eigenvalue weighted by molar-refractivity contribution is -0.116. The fraction of sp³-hybridized carbons (Fsp3) is 0.333. The van der Waals surface area contributed by atoms with E-state index in [0.29, 0.717) is 17.7 Å². The smallest absolute Gasteiger partial charge is 0.251 e. The molecular formula is C21H26N2O2. The van der Waals surface area contributed by atoms with Crippen molar-refractivity contribution in [1.82, 2.24) is 5.32 Å². The van der Waals surface area contributed by atoms with Gasteiger partial charge in [-0.05, 0) is 49.9 Å². The minimum absolute atomic E-state index is 0.0320. The SMILES string of the molecule is CCC(C)NC(=O)c1cccc(NC(=O)CCCc2ccccc2)c1. The summed E-state index contributed by atoms with van der Waals surface area (Å²) < 4.78 is 0. The second-order valence-corrected chi connectivity index (χ2v) is 6.25. The number of anilines is 1. The zero-order valence-corrected chi connectivity index (χ0v) is 14.9. The van der Waals surface area contributed by atoms with Crippen LogP contribution in [0.2, 0.25) is 0 Å². The summed E-state index contributed by atoms with van der Waals surface area (Å²) in [6.07, 6.45) is 3.01. The van der Waals surface area contributed by atoms with Crippen LogP contribution in [0.1, 0.15) is 49.0 Å². The van der Waals surface area contributed by atoms with Gasteiger partial charge < -0.3 is 10.6 Å². The van der Waals surface area contributed by atoms with E-state index >= 15 is 0 Å². The summed E-state index contributed by atoms with van der Waals surface area (Å²) in [5.41, 5.74) is 2.45. The van der Waals surface area contributed by atoms with Gasteiger partial charge in [0.25, 0.3) is 5.91 Å². The molecule has 0 aliphatic heterocycles. The molecule has 0 radical (unpaired) electrons. The maximum absolute atomic E-state index is 12.2. The van der Waals surface area contributed by atoms with E-state index in [1.54, 1.807) is 24.3 Å². The zero-order chi connectivity index (χ0) is 18.1. The average Bonchev–Trinajstić information content (AvgIpc) is 2.62. The third-order valence-electron chi connectivity index (χ3n) is 4.11. The topological polar surface area (TPSA) is 58.2 Å². The molecule has 4 nitrogen and oxygen atoms in total. The Balaban J connectivity index is 1.84. The van der Waals surface area contributed by atoms with Crippen LogP contribution in [0.25, 0.3) is 0 Å². The summed E-state index contributed by atoms with van der Waals surface area (Å²) in [6, 6.07) is 17.3. The van der Waals surface area contributed by atoms with Gasteiger partial charge in [-0.15, -0.1) is 0 Å². The number of carbonyl (C=O) groups excluding carboxylic acids is 2. The van der Waals surface area contributed by atoms with E-state index in [1.165, 1.54) is 5.56 Å². The van der Waals surface area contributed by atoms with Crippen LogP contribution in [0, 0.1) is 0 Å². The highest BCUT2D eigenvalue weighted by atomic mass is 16.2. The van der Waals surface area contributed by atoms with Crippen molar-refractivity contribution in [2.45, 2.75) is 45.6 Å². The Morgan fingerprint density at radius 3 is 2.52 bits per heavy atom. The van der Waals surface area contributed by atoms with Crippen LogP contribution >= 0.6 is 0 Å². The van der Waals surface area contributed by atoms with Crippen LogP contribution < -0.4 is 10.6 Å². The molecule has 132 valence electrons. The Bertz CT molecular complexity index is 698. The van der Waals surface area contributed by atoms with Gasteiger partial charge in [-0.25, -0.2) is 0 Å². The fourth-order valence-corrected chi connectivity index (χ4v) is 2.47. The van der Waals surface area contributed by atoms with Gasteiger partial charge in [0.15, 0.2) is 0 Å². The lowest BCUT2D eigenvalue weighted by Gasteiger charge is -2.12. The van der Waals surface area contributed by atoms with Crippen molar-refractivity contribution >= 4 is 17.5 Å². The Labute approximate surface area is 149 Å². The molecule has 0 saturated heterocycles. The second kappa shape index (κ2) is 9.62. The Hall–Kier alpha value is -2.62. The van der Waals surface area contributed by atoms with Gasteiger partial charge in [0.05, 0.1) is 0 Å². The normalized spacial score (nSPS) is 11.6. The molecule has 0 aliphatic rings. The van der Waals surface area contributed by atoms with E-state index in [1.807, 2.05) is 32.0 Å². The quantitative estimate of drug-likeness (QED) is 0.759. The van der Waals surface area contributed by atoms with E-state index < -0.39 is 0 Å². The molecule has 0 heterocycles. The number of benzene rings is 2. The molecule has 0 aromatic heterocycles. The molecule has 2 amide bonds. The molecule has 0 saturated carbocycles. The van der Waals surface area contributed by atoms with E-state index in [-0.39, 0.29) is 17.9 Å². The molecule has 2 N–H and O–H groups in total. The third kappa shape index (κ3) is 6.42. The standard InChI is InChI=1S/C21H26N2O2/c1-3-16(2)22-21(25)18-12-8-13-19(15-18)23-20(24)14-7-11-17-9-5-4-6-10-17/h4-6,8-10,12-13,15-16H,3,7,11,14H2,1-2H3,(H,22,25)(H,23,24). The summed E-state index contributed by atoms with van der Waals surface area (Å²) >= 11 is 0. The summed E-state index contributed by atoms with van der Waals surface area (Å²) in [5.74, 6) is -0.148. The molecule has 2 aromatic rings. The molecule has 4 heteroatoms. The summed E-state index contributed by atoms with van der Waals surface area (Å²) in [7, 11) is 0. The lowest BCUT2D eigenvalue weighted by atomic mass is 10.1. The Morgan fingerprint density at radius 1 is 1.04 bits per heavy atom. The van der Waals surface area contributed by atoms with Crippen LogP contribution in [-0.2, 0) is 11.2 Å². The second-order valence-electron chi connectivity index (χ2n) is 6.25. The predicted octanol–water partition coefficient (Wildman–Crippen LogP) is 4.18. The van der Waals surface area contributed by atoms with Gasteiger partial charge in [0.2, 0.25) is 5.91 Å². The number of hydrogen-bond acceptors (Lipinski definition) is 2. The minimum atomic E-state index is -0.116. The van der Waals surface area contributed by atoms with Crippen molar-refractivity contribution in [3.63, 3.8) is 0 Å². The van der Waals surface area contributed by atoms with Gasteiger partial charge in [0, 0.05) is 23.7 Å². The molecule has 2 aromatic carbocycles. The van der Waals surface area contributed by atoms with Crippen LogP contribution in [0.15, 0.2) is 54.6 Å². The molecule has 1 atom stereocenters. The third-order valence-corrected chi connectivity index (χ3v) is 4.11. The van der Waals surface area contributed by atoms with E-state index in [4.69, 9.17) is 0 Å². The largest absolute Gasteiger partial charge is 0.350 e. The highest BCUT2D eigenvalue weighted by Gasteiger charge is 2.10. The van der Waals surface area contributed by atoms with Crippen LogP contribution in [0.5, 0.6) is 0 Å². The van der Waals surface area contributed by atoms with Gasteiger partial charge >= 0.3 is 0 Å². The summed E-state index contributed by atoms with van der Waals surface area (Å²) in [4.78, 5) is 24.3. The maximum Gasteiger partial charge on any atom is 0.251 e. The van der Waals surface area contributed by atoms with E-state index in [0.717, 1.165) is 19.3 Å². The number of carbonyl (C=O) groups is 2. The van der Waals surface area contributed by atoms with Crippen molar-refractivity contribution in [2.75, 3.05) is 5.32 Å². The molecule has 0 spiro atoms. The van der Waals surface area contributed by atoms with Crippen molar-refractivity contribution in [1.29, 1.82) is 0 Å². The van der Waals surface area contributed by atoms with Crippen LogP contribution in [0.3, 0.4) is 0 Å². The fourth-order valence-electron chi connectivity index (χ4n) is 2.47. The van der Waals surface area contributed by atoms with Crippen LogP contribution in [-0.4, -0.2) is 17.9 Å². The number of amides is 2. The van der Waals surface area contributed by atoms with Crippen LogP contribution in [0.4, 0.5) is 5.69 Å². The molecule has 0 bridgehead atoms. The zero-order valence-electron chi connectivity index (χ0n) is 14.9. The van der Waals surface area contributed by atoms with E-state index in [9.17, 15) is 9.59 Å². The monoisotopic (exact) mass is 338 g/mol. The lowest BCUT2D eigenvalue weighted by Crippen LogP contribution is -2.31. The van der Waals surface area contributed by atoms with Crippen molar-refractivity contribution in [3.8, 4) is 0 Å². The molecule has 0 fully saturated rings. The van der Waals surface area contributed by atoms with Gasteiger partial charge in [0.1, 0.15) is 0 Å². The molecule has 1 unspecified atom stereocenters. The first-order valence-electron chi connectivity index (χ1n) is 8.83. The highest BCUT2D eigenvalue weighted by molar-refractivity contribution is 5.97. The van der Waals surface area contributed by atoms with Crippen molar-refractivity contribution < 1.29 is 9.59 Å². The van der Waals surface area contributed by atoms with Gasteiger partial charge in [-0.3, -0.25) is 9.59 Å². The summed E-state index contributed by atoms with van der Waals surface area (Å²) in [5, 5.41) is 5.80.